The van der Waals surface area contributed by atoms with Crippen LogP contribution < -0.4 is 0 Å². The van der Waals surface area contributed by atoms with Gasteiger partial charge in [-0.2, -0.15) is 0 Å². The van der Waals surface area contributed by atoms with Gasteiger partial charge in [0.05, 0.1) is 10.7 Å². The fourth-order valence-electron chi connectivity index (χ4n) is 2.28. The van der Waals surface area contributed by atoms with Crippen LogP contribution in [0.5, 0.6) is 0 Å². The lowest BCUT2D eigenvalue weighted by atomic mass is 10.1. The molecule has 0 aromatic heterocycles. The number of benzene rings is 2. The van der Waals surface area contributed by atoms with Crippen molar-refractivity contribution >= 4 is 22.5 Å². The van der Waals surface area contributed by atoms with Crippen LogP contribution in [0.1, 0.15) is 22.3 Å². The van der Waals surface area contributed by atoms with E-state index in [0.717, 1.165) is 17.9 Å². The molecule has 2 aromatic carbocycles. The van der Waals surface area contributed by atoms with Crippen LogP contribution in [0.3, 0.4) is 0 Å². The number of thioether (sulfide) groups is 1. The summed E-state index contributed by atoms with van der Waals surface area (Å²) in [5.74, 6) is 1.01. The maximum Gasteiger partial charge on any atom is 0.0786 e. The molecule has 0 spiro atoms. The molecule has 0 amide bonds. The van der Waals surface area contributed by atoms with Crippen LogP contribution in [-0.2, 0) is 12.2 Å². The molecule has 0 aliphatic carbocycles. The van der Waals surface area contributed by atoms with Crippen molar-refractivity contribution in [1.82, 2.24) is 0 Å². The first-order valence-corrected chi connectivity index (χ1v) is 7.55. The molecular weight excluding hydrogens is 250 g/mol. The molecule has 1 aliphatic heterocycles. The predicted octanol–water partition coefficient (Wildman–Crippen LogP) is 4.82. The van der Waals surface area contributed by atoms with Crippen molar-refractivity contribution in [3.63, 3.8) is 0 Å². The summed E-state index contributed by atoms with van der Waals surface area (Å²) in [6.07, 6.45) is 0.992. The summed E-state index contributed by atoms with van der Waals surface area (Å²) in [7, 11) is 0. The molecule has 0 bridgehead atoms. The van der Waals surface area contributed by atoms with Crippen LogP contribution >= 0.6 is 11.8 Å². The van der Waals surface area contributed by atoms with Crippen molar-refractivity contribution < 1.29 is 0 Å². The summed E-state index contributed by atoms with van der Waals surface area (Å²) < 4.78 is 0. The molecule has 0 atom stereocenters. The molecule has 1 heterocycles. The third-order valence-corrected chi connectivity index (χ3v) is 4.51. The minimum Gasteiger partial charge on any atom is -0.246 e. The van der Waals surface area contributed by atoms with Gasteiger partial charge < -0.3 is 0 Å². The zero-order valence-electron chi connectivity index (χ0n) is 11.3. The van der Waals surface area contributed by atoms with E-state index in [4.69, 9.17) is 4.99 Å². The highest BCUT2D eigenvalue weighted by molar-refractivity contribution is 8.13. The Kier molecular flexibility index (Phi) is 3.43. The lowest BCUT2D eigenvalue weighted by Crippen LogP contribution is -1.94. The van der Waals surface area contributed by atoms with Crippen LogP contribution in [0.25, 0.3) is 0 Å². The molecule has 2 aromatic rings. The highest BCUT2D eigenvalue weighted by atomic mass is 32.2. The van der Waals surface area contributed by atoms with E-state index in [1.165, 1.54) is 27.3 Å². The molecule has 0 fully saturated rings. The number of fused-ring (bicyclic) bond motifs is 1. The van der Waals surface area contributed by atoms with Gasteiger partial charge in [0.1, 0.15) is 0 Å². The average molecular weight is 267 g/mol. The normalized spacial score (nSPS) is 13.3. The van der Waals surface area contributed by atoms with Gasteiger partial charge in [-0.3, -0.25) is 0 Å². The van der Waals surface area contributed by atoms with Crippen molar-refractivity contribution in [3.8, 4) is 0 Å². The summed E-state index contributed by atoms with van der Waals surface area (Å²) in [5, 5.41) is 1.24. The van der Waals surface area contributed by atoms with Crippen LogP contribution in [0, 0.1) is 13.8 Å². The summed E-state index contributed by atoms with van der Waals surface area (Å²) in [5.41, 5.74) is 6.57. The minimum absolute atomic E-state index is 0.992. The van der Waals surface area contributed by atoms with E-state index in [1.807, 2.05) is 11.8 Å². The maximum absolute atomic E-state index is 4.74. The fourth-order valence-corrected chi connectivity index (χ4v) is 3.35. The molecule has 96 valence electrons. The second-order valence-corrected chi connectivity index (χ2v) is 6.08. The van der Waals surface area contributed by atoms with Crippen molar-refractivity contribution in [2.24, 2.45) is 4.99 Å². The second-order valence-electron chi connectivity index (χ2n) is 5.03. The van der Waals surface area contributed by atoms with Gasteiger partial charge >= 0.3 is 0 Å². The number of aliphatic imine (C=N–C) groups is 1. The number of nitrogens with zero attached hydrogens (tertiary/aromatic N) is 1. The van der Waals surface area contributed by atoms with Gasteiger partial charge in [-0.1, -0.05) is 36.4 Å². The SMILES string of the molecule is Cc1ccc2c(c1)N=C(SCc1ccccc1C)C2. The zero-order valence-corrected chi connectivity index (χ0v) is 12.1. The highest BCUT2D eigenvalue weighted by Crippen LogP contribution is 2.32. The average Bonchev–Trinajstić information content (AvgIpc) is 2.79. The Bertz CT molecular complexity index is 643. The lowest BCUT2D eigenvalue weighted by Gasteiger charge is -2.04. The van der Waals surface area contributed by atoms with Gasteiger partial charge in [0.25, 0.3) is 0 Å². The standard InChI is InChI=1S/C17H17NS/c1-12-7-8-14-10-17(18-16(14)9-12)19-11-15-6-4-3-5-13(15)2/h3-9H,10-11H2,1-2H3. The summed E-state index contributed by atoms with van der Waals surface area (Å²) in [6.45, 7) is 4.29. The van der Waals surface area contributed by atoms with E-state index in [1.54, 1.807) is 0 Å². The van der Waals surface area contributed by atoms with Gasteiger partial charge in [-0.05, 0) is 42.2 Å². The quantitative estimate of drug-likeness (QED) is 0.759. The van der Waals surface area contributed by atoms with Gasteiger partial charge in [-0.15, -0.1) is 11.8 Å². The van der Waals surface area contributed by atoms with Crippen LogP contribution in [-0.4, -0.2) is 5.04 Å². The lowest BCUT2D eigenvalue weighted by molar-refractivity contribution is 1.31. The Morgan fingerprint density at radius 1 is 1.11 bits per heavy atom. The third kappa shape index (κ3) is 2.74. The molecule has 0 radical (unpaired) electrons. The van der Waals surface area contributed by atoms with E-state index in [-0.39, 0.29) is 0 Å². The molecule has 1 nitrogen and oxygen atoms in total. The summed E-state index contributed by atoms with van der Waals surface area (Å²) in [4.78, 5) is 4.74. The van der Waals surface area contributed by atoms with E-state index in [0.29, 0.717) is 0 Å². The number of hydrogen-bond acceptors (Lipinski definition) is 2. The van der Waals surface area contributed by atoms with Crippen molar-refractivity contribution in [2.75, 3.05) is 0 Å². The van der Waals surface area contributed by atoms with E-state index < -0.39 is 0 Å². The van der Waals surface area contributed by atoms with E-state index in [9.17, 15) is 0 Å². The first-order valence-electron chi connectivity index (χ1n) is 6.57. The summed E-state index contributed by atoms with van der Waals surface area (Å²) in [6, 6.07) is 15.1. The predicted molar refractivity (Wildman–Crippen MR) is 84.5 cm³/mol. The van der Waals surface area contributed by atoms with E-state index in [2.05, 4.69) is 56.3 Å². The van der Waals surface area contributed by atoms with Gasteiger partial charge in [0.2, 0.25) is 0 Å². The van der Waals surface area contributed by atoms with Crippen LogP contribution in [0.15, 0.2) is 47.5 Å². The molecular formula is C17H17NS. The van der Waals surface area contributed by atoms with Gasteiger partial charge in [0, 0.05) is 12.2 Å². The highest BCUT2D eigenvalue weighted by Gasteiger charge is 2.15. The largest absolute Gasteiger partial charge is 0.246 e. The Hall–Kier alpha value is -1.54. The molecule has 1 aliphatic rings. The molecule has 0 unspecified atom stereocenters. The third-order valence-electron chi connectivity index (χ3n) is 3.48. The minimum atomic E-state index is 0.992. The van der Waals surface area contributed by atoms with E-state index >= 15 is 0 Å². The second kappa shape index (κ2) is 5.22. The number of rotatable bonds is 2. The first kappa shape index (κ1) is 12.5. The Labute approximate surface area is 118 Å². The van der Waals surface area contributed by atoms with Crippen LogP contribution in [0.2, 0.25) is 0 Å². The molecule has 3 rings (SSSR count). The monoisotopic (exact) mass is 267 g/mol. The van der Waals surface area contributed by atoms with Gasteiger partial charge in [0.15, 0.2) is 0 Å². The Balaban J connectivity index is 1.70. The van der Waals surface area contributed by atoms with Gasteiger partial charge in [-0.25, -0.2) is 4.99 Å². The smallest absolute Gasteiger partial charge is 0.0786 e. The topological polar surface area (TPSA) is 12.4 Å². The van der Waals surface area contributed by atoms with Crippen molar-refractivity contribution in [3.05, 3.63) is 64.7 Å². The Morgan fingerprint density at radius 3 is 2.79 bits per heavy atom. The summed E-state index contributed by atoms with van der Waals surface area (Å²) >= 11 is 1.86. The van der Waals surface area contributed by atoms with Crippen LogP contribution in [0.4, 0.5) is 5.69 Å². The molecule has 0 saturated heterocycles. The molecule has 0 N–H and O–H groups in total. The molecule has 19 heavy (non-hydrogen) atoms. The number of hydrogen-bond donors (Lipinski definition) is 0. The van der Waals surface area contributed by atoms with Crippen molar-refractivity contribution in [1.29, 1.82) is 0 Å². The molecule has 0 saturated carbocycles. The Morgan fingerprint density at radius 2 is 1.95 bits per heavy atom. The molecule has 2 heteroatoms. The zero-order chi connectivity index (χ0) is 13.2. The first-order chi connectivity index (χ1) is 9.22. The fraction of sp³-hybridized carbons (Fsp3) is 0.235. The number of aryl methyl sites for hydroxylation is 2. The maximum atomic E-state index is 4.74. The van der Waals surface area contributed by atoms with Crippen molar-refractivity contribution in [2.45, 2.75) is 26.0 Å².